The highest BCUT2D eigenvalue weighted by Gasteiger charge is 2.21. The van der Waals surface area contributed by atoms with E-state index in [4.69, 9.17) is 5.73 Å². The molecule has 0 bridgehead atoms. The fraction of sp³-hybridized carbons (Fsp3) is 0.636. The molecule has 1 aromatic heterocycles. The molecular formula is C11H18INOS. The summed E-state index contributed by atoms with van der Waals surface area (Å²) in [7, 11) is 0. The van der Waals surface area contributed by atoms with Crippen LogP contribution < -0.4 is 5.73 Å². The molecular weight excluding hydrogens is 321 g/mol. The third-order valence-electron chi connectivity index (χ3n) is 2.45. The van der Waals surface area contributed by atoms with E-state index in [9.17, 15) is 5.11 Å². The molecule has 0 radical (unpaired) electrons. The molecule has 2 unspecified atom stereocenters. The number of rotatable bonds is 5. The summed E-state index contributed by atoms with van der Waals surface area (Å²) in [4.78, 5) is 0. The largest absolute Gasteiger partial charge is 0.388 e. The molecule has 15 heavy (non-hydrogen) atoms. The van der Waals surface area contributed by atoms with Crippen LogP contribution in [0.2, 0.25) is 0 Å². The van der Waals surface area contributed by atoms with Crippen LogP contribution in [0.1, 0.15) is 31.9 Å². The summed E-state index contributed by atoms with van der Waals surface area (Å²) in [5.74, 6) is 0.751. The second-order valence-corrected chi connectivity index (χ2v) is 7.06. The Labute approximate surface area is 109 Å². The van der Waals surface area contributed by atoms with Crippen LogP contribution in [-0.2, 0) is 0 Å². The van der Waals surface area contributed by atoms with Gasteiger partial charge in [-0.05, 0) is 58.5 Å². The smallest absolute Gasteiger partial charge is 0.0838 e. The molecule has 0 saturated heterocycles. The van der Waals surface area contributed by atoms with Crippen LogP contribution in [0.4, 0.5) is 0 Å². The Balaban J connectivity index is 2.68. The van der Waals surface area contributed by atoms with E-state index in [1.165, 1.54) is 2.88 Å². The van der Waals surface area contributed by atoms with Gasteiger partial charge in [-0.2, -0.15) is 0 Å². The van der Waals surface area contributed by atoms with E-state index in [1.54, 1.807) is 11.3 Å². The van der Waals surface area contributed by atoms with Gasteiger partial charge in [-0.3, -0.25) is 0 Å². The number of hydrogen-bond acceptors (Lipinski definition) is 3. The fourth-order valence-electron chi connectivity index (χ4n) is 1.71. The second kappa shape index (κ2) is 6.18. The van der Waals surface area contributed by atoms with Gasteiger partial charge in [0.1, 0.15) is 0 Å². The number of aliphatic hydroxyl groups is 1. The van der Waals surface area contributed by atoms with Gasteiger partial charge in [0, 0.05) is 5.92 Å². The van der Waals surface area contributed by atoms with E-state index in [1.807, 2.05) is 11.4 Å². The average Bonchev–Trinajstić information content (AvgIpc) is 2.60. The Kier molecular flexibility index (Phi) is 5.52. The maximum atomic E-state index is 10.2. The average molecular weight is 339 g/mol. The van der Waals surface area contributed by atoms with Crippen LogP contribution in [-0.4, -0.2) is 11.7 Å². The molecule has 0 aliphatic rings. The molecule has 0 aromatic carbocycles. The van der Waals surface area contributed by atoms with E-state index in [-0.39, 0.29) is 5.92 Å². The number of nitrogens with two attached hydrogens (primary N) is 1. The number of hydrogen-bond donors (Lipinski definition) is 2. The van der Waals surface area contributed by atoms with Gasteiger partial charge in [0.25, 0.3) is 0 Å². The molecule has 0 aliphatic heterocycles. The Morgan fingerprint density at radius 1 is 1.53 bits per heavy atom. The zero-order chi connectivity index (χ0) is 11.4. The number of aliphatic hydroxyl groups excluding tert-OH is 1. The third kappa shape index (κ3) is 4.01. The van der Waals surface area contributed by atoms with Crippen molar-refractivity contribution in [3.05, 3.63) is 19.9 Å². The maximum absolute atomic E-state index is 10.2. The Hall–Kier alpha value is 0.350. The predicted octanol–water partition coefficient (Wildman–Crippen LogP) is 3.01. The van der Waals surface area contributed by atoms with Crippen LogP contribution >= 0.6 is 33.9 Å². The second-order valence-electron chi connectivity index (χ2n) is 4.25. The van der Waals surface area contributed by atoms with E-state index in [0.29, 0.717) is 12.5 Å². The van der Waals surface area contributed by atoms with Gasteiger partial charge >= 0.3 is 0 Å². The monoisotopic (exact) mass is 339 g/mol. The van der Waals surface area contributed by atoms with Crippen LogP contribution in [0.25, 0.3) is 0 Å². The molecule has 1 rings (SSSR count). The molecule has 0 spiro atoms. The molecule has 86 valence electrons. The molecule has 1 aromatic rings. The molecule has 0 aliphatic carbocycles. The normalized spacial score (nSPS) is 15.6. The fourth-order valence-corrected chi connectivity index (χ4v) is 3.11. The first kappa shape index (κ1) is 13.4. The van der Waals surface area contributed by atoms with Gasteiger partial charge in [-0.25, -0.2) is 0 Å². The molecule has 1 heterocycles. The van der Waals surface area contributed by atoms with Gasteiger partial charge < -0.3 is 10.8 Å². The van der Waals surface area contributed by atoms with E-state index in [2.05, 4.69) is 36.4 Å². The van der Waals surface area contributed by atoms with Crippen molar-refractivity contribution in [2.24, 2.45) is 17.6 Å². The Morgan fingerprint density at radius 2 is 2.20 bits per heavy atom. The van der Waals surface area contributed by atoms with Gasteiger partial charge in [0.15, 0.2) is 0 Å². The zero-order valence-corrected chi connectivity index (χ0v) is 12.1. The summed E-state index contributed by atoms with van der Waals surface area (Å²) in [6.07, 6.45) is 0.571. The molecule has 4 heteroatoms. The van der Waals surface area contributed by atoms with Crippen molar-refractivity contribution in [2.45, 2.75) is 26.4 Å². The first-order valence-corrected chi connectivity index (χ1v) is 7.12. The molecule has 0 fully saturated rings. The summed E-state index contributed by atoms with van der Waals surface area (Å²) in [6.45, 7) is 4.87. The van der Waals surface area contributed by atoms with Crippen LogP contribution in [0.5, 0.6) is 0 Å². The summed E-state index contributed by atoms with van der Waals surface area (Å²) in [6, 6.07) is 2.04. The summed E-state index contributed by atoms with van der Waals surface area (Å²) in [5, 5.41) is 12.2. The highest BCUT2D eigenvalue weighted by molar-refractivity contribution is 14.1. The van der Waals surface area contributed by atoms with Crippen molar-refractivity contribution >= 4 is 33.9 Å². The topological polar surface area (TPSA) is 46.2 Å². The van der Waals surface area contributed by atoms with Crippen LogP contribution in [0, 0.1) is 14.7 Å². The van der Waals surface area contributed by atoms with Crippen molar-refractivity contribution < 1.29 is 5.11 Å². The lowest BCUT2D eigenvalue weighted by atomic mass is 9.89. The van der Waals surface area contributed by atoms with Gasteiger partial charge in [-0.15, -0.1) is 11.3 Å². The maximum Gasteiger partial charge on any atom is 0.0838 e. The predicted molar refractivity (Wildman–Crippen MR) is 74.0 cm³/mol. The van der Waals surface area contributed by atoms with Crippen molar-refractivity contribution in [1.29, 1.82) is 0 Å². The zero-order valence-electron chi connectivity index (χ0n) is 9.11. The molecule has 0 amide bonds. The van der Waals surface area contributed by atoms with E-state index < -0.39 is 6.10 Å². The third-order valence-corrected chi connectivity index (χ3v) is 4.26. The minimum Gasteiger partial charge on any atom is -0.388 e. The van der Waals surface area contributed by atoms with Gasteiger partial charge in [-0.1, -0.05) is 13.8 Å². The lowest BCUT2D eigenvalue weighted by Gasteiger charge is -2.22. The van der Waals surface area contributed by atoms with Crippen molar-refractivity contribution in [2.75, 3.05) is 6.54 Å². The highest BCUT2D eigenvalue weighted by Crippen LogP contribution is 2.30. The lowest BCUT2D eigenvalue weighted by molar-refractivity contribution is 0.0998. The summed E-state index contributed by atoms with van der Waals surface area (Å²) >= 11 is 3.94. The van der Waals surface area contributed by atoms with E-state index >= 15 is 0 Å². The Morgan fingerprint density at radius 3 is 2.60 bits per heavy atom. The number of halogens is 1. The first-order valence-electron chi connectivity index (χ1n) is 5.16. The molecule has 0 saturated carbocycles. The SMILES string of the molecule is CC(C)CC(CN)C(O)c1csc(I)c1. The van der Waals surface area contributed by atoms with Gasteiger partial charge in [0.05, 0.1) is 8.99 Å². The van der Waals surface area contributed by atoms with Crippen molar-refractivity contribution in [3.63, 3.8) is 0 Å². The van der Waals surface area contributed by atoms with Gasteiger partial charge in [0.2, 0.25) is 0 Å². The highest BCUT2D eigenvalue weighted by atomic mass is 127. The quantitative estimate of drug-likeness (QED) is 0.810. The minimum atomic E-state index is -0.405. The Bertz CT molecular complexity index is 301. The standard InChI is InChI=1S/C11H18INOS/c1-7(2)3-8(5-13)11(14)9-4-10(12)15-6-9/h4,6-8,11,14H,3,5,13H2,1-2H3. The number of thiophene rings is 1. The van der Waals surface area contributed by atoms with Crippen molar-refractivity contribution in [1.82, 2.24) is 0 Å². The minimum absolute atomic E-state index is 0.176. The summed E-state index contributed by atoms with van der Waals surface area (Å²) < 4.78 is 1.21. The summed E-state index contributed by atoms with van der Waals surface area (Å²) in [5.41, 5.74) is 6.72. The van der Waals surface area contributed by atoms with Crippen molar-refractivity contribution in [3.8, 4) is 0 Å². The lowest BCUT2D eigenvalue weighted by Crippen LogP contribution is -2.23. The molecule has 3 N–H and O–H groups in total. The van der Waals surface area contributed by atoms with Crippen LogP contribution in [0.3, 0.4) is 0 Å². The first-order chi connectivity index (χ1) is 7.04. The van der Waals surface area contributed by atoms with E-state index in [0.717, 1.165) is 12.0 Å². The molecule has 2 nitrogen and oxygen atoms in total. The molecule has 2 atom stereocenters. The van der Waals surface area contributed by atoms with Crippen LogP contribution in [0.15, 0.2) is 11.4 Å².